The Kier molecular flexibility index (Phi) is 7.66. The molecule has 2 aliphatic heterocycles. The number of aliphatic carboxylic acids is 1. The first-order chi connectivity index (χ1) is 12.3. The third-order valence-corrected chi connectivity index (χ3v) is 8.07. The molecule has 148 valence electrons. The third kappa shape index (κ3) is 4.86. The summed E-state index contributed by atoms with van der Waals surface area (Å²) < 4.78 is 4.87. The van der Waals surface area contributed by atoms with Gasteiger partial charge in [-0.1, -0.05) is 13.3 Å². The molecule has 2 aliphatic rings. The van der Waals surface area contributed by atoms with Crippen LogP contribution in [0.4, 0.5) is 0 Å². The van der Waals surface area contributed by atoms with Gasteiger partial charge in [0.25, 0.3) is 0 Å². The standard InChI is InChI=1S/C17H28N2O5S2/c1-4-6-12(16(23)24-5-2)18-11(3)14(20)19-10-17(25-7-8-26-17)9-13(19)15(21)22/h11-13,18H,4-10H2,1-3H3,(H,21,22)/t11-,12-,13?/m0/s1. The van der Waals surface area contributed by atoms with Gasteiger partial charge in [0.05, 0.1) is 16.7 Å². The van der Waals surface area contributed by atoms with E-state index in [2.05, 4.69) is 5.32 Å². The fourth-order valence-electron chi connectivity index (χ4n) is 3.42. The number of likely N-dealkylation sites (tertiary alicyclic amines) is 1. The number of rotatable bonds is 8. The normalized spacial score (nSPS) is 23.8. The fraction of sp³-hybridized carbons (Fsp3) is 0.824. The number of nitrogens with one attached hydrogen (secondary N) is 1. The first-order valence-electron chi connectivity index (χ1n) is 9.07. The van der Waals surface area contributed by atoms with Crippen LogP contribution < -0.4 is 5.32 Å². The van der Waals surface area contributed by atoms with Gasteiger partial charge in [0.15, 0.2) is 0 Å². The van der Waals surface area contributed by atoms with Crippen LogP contribution in [0.2, 0.25) is 0 Å². The summed E-state index contributed by atoms with van der Waals surface area (Å²) in [5.74, 6) is 0.352. The first-order valence-corrected chi connectivity index (χ1v) is 11.0. The van der Waals surface area contributed by atoms with E-state index in [4.69, 9.17) is 4.74 Å². The van der Waals surface area contributed by atoms with E-state index in [-0.39, 0.29) is 22.6 Å². The van der Waals surface area contributed by atoms with Crippen LogP contribution in [0.3, 0.4) is 0 Å². The van der Waals surface area contributed by atoms with Gasteiger partial charge in [-0.2, -0.15) is 0 Å². The predicted molar refractivity (Wildman–Crippen MR) is 103 cm³/mol. The van der Waals surface area contributed by atoms with Crippen LogP contribution in [0.5, 0.6) is 0 Å². The summed E-state index contributed by atoms with van der Waals surface area (Å²) in [5, 5.41) is 12.6. The molecule has 2 heterocycles. The van der Waals surface area contributed by atoms with Crippen LogP contribution in [-0.2, 0) is 19.1 Å². The number of hydrogen-bond donors (Lipinski definition) is 2. The molecule has 1 unspecified atom stereocenters. The molecule has 1 spiro atoms. The van der Waals surface area contributed by atoms with Gasteiger partial charge in [-0.25, -0.2) is 4.79 Å². The van der Waals surface area contributed by atoms with E-state index < -0.39 is 24.1 Å². The molecule has 3 atom stereocenters. The van der Waals surface area contributed by atoms with Crippen LogP contribution in [0, 0.1) is 0 Å². The van der Waals surface area contributed by atoms with E-state index in [1.54, 1.807) is 37.4 Å². The average Bonchev–Trinajstić information content (AvgIpc) is 3.21. The number of carboxylic acids is 1. The van der Waals surface area contributed by atoms with Gasteiger partial charge in [0, 0.05) is 24.5 Å². The monoisotopic (exact) mass is 404 g/mol. The molecule has 0 aromatic heterocycles. The number of carbonyl (C=O) groups excluding carboxylic acids is 2. The fourth-order valence-corrected chi connectivity index (χ4v) is 6.68. The number of thioether (sulfide) groups is 2. The highest BCUT2D eigenvalue weighted by Crippen LogP contribution is 2.51. The third-order valence-electron chi connectivity index (χ3n) is 4.64. The lowest BCUT2D eigenvalue weighted by molar-refractivity contribution is -0.150. The molecule has 0 bridgehead atoms. The van der Waals surface area contributed by atoms with Gasteiger partial charge in [-0.05, 0) is 20.3 Å². The maximum atomic E-state index is 12.9. The zero-order chi connectivity index (χ0) is 19.3. The maximum absolute atomic E-state index is 12.9. The van der Waals surface area contributed by atoms with Crippen molar-refractivity contribution in [3.63, 3.8) is 0 Å². The van der Waals surface area contributed by atoms with Crippen molar-refractivity contribution in [3.8, 4) is 0 Å². The highest BCUT2D eigenvalue weighted by Gasteiger charge is 2.52. The lowest BCUT2D eigenvalue weighted by Gasteiger charge is -2.28. The van der Waals surface area contributed by atoms with E-state index in [1.807, 2.05) is 6.92 Å². The molecule has 0 aliphatic carbocycles. The Labute approximate surface area is 163 Å². The lowest BCUT2D eigenvalue weighted by Crippen LogP contribution is -2.53. The Hall–Kier alpha value is -0.930. The van der Waals surface area contributed by atoms with E-state index >= 15 is 0 Å². The van der Waals surface area contributed by atoms with Crippen molar-refractivity contribution in [2.45, 2.75) is 62.2 Å². The lowest BCUT2D eigenvalue weighted by atomic mass is 10.1. The van der Waals surface area contributed by atoms with Gasteiger partial charge >= 0.3 is 11.9 Å². The van der Waals surface area contributed by atoms with Crippen molar-refractivity contribution < 1.29 is 24.2 Å². The molecule has 1 amide bonds. The molecule has 2 N–H and O–H groups in total. The molecule has 9 heteroatoms. The smallest absolute Gasteiger partial charge is 0.326 e. The number of carboxylic acid groups (broad SMARTS) is 1. The van der Waals surface area contributed by atoms with Gasteiger partial charge in [-0.15, -0.1) is 23.5 Å². The van der Waals surface area contributed by atoms with Crippen molar-refractivity contribution in [1.82, 2.24) is 10.2 Å². The molecule has 2 fully saturated rings. The van der Waals surface area contributed by atoms with Crippen molar-refractivity contribution >= 4 is 41.4 Å². The summed E-state index contributed by atoms with van der Waals surface area (Å²) in [5.41, 5.74) is 0. The number of esters is 1. The molecular formula is C17H28N2O5S2. The van der Waals surface area contributed by atoms with Crippen LogP contribution in [-0.4, -0.2) is 74.7 Å². The molecule has 2 saturated heterocycles. The van der Waals surface area contributed by atoms with E-state index in [9.17, 15) is 19.5 Å². The highest BCUT2D eigenvalue weighted by molar-refractivity contribution is 8.21. The summed E-state index contributed by atoms with van der Waals surface area (Å²) in [4.78, 5) is 38.2. The number of carbonyl (C=O) groups is 3. The van der Waals surface area contributed by atoms with Crippen LogP contribution >= 0.6 is 23.5 Å². The van der Waals surface area contributed by atoms with Crippen LogP contribution in [0.25, 0.3) is 0 Å². The minimum Gasteiger partial charge on any atom is -0.480 e. The zero-order valence-corrected chi connectivity index (χ0v) is 17.2. The number of nitrogens with zero attached hydrogens (tertiary/aromatic N) is 1. The summed E-state index contributed by atoms with van der Waals surface area (Å²) >= 11 is 3.50. The Balaban J connectivity index is 2.07. The first kappa shape index (κ1) is 21.4. The van der Waals surface area contributed by atoms with Gasteiger partial charge in [0.2, 0.25) is 5.91 Å². The minimum atomic E-state index is -0.967. The quantitative estimate of drug-likeness (QED) is 0.589. The van der Waals surface area contributed by atoms with Crippen LogP contribution in [0.1, 0.15) is 40.0 Å². The van der Waals surface area contributed by atoms with Crippen molar-refractivity contribution in [2.75, 3.05) is 24.7 Å². The second-order valence-corrected chi connectivity index (χ2v) is 9.83. The van der Waals surface area contributed by atoms with Crippen molar-refractivity contribution in [1.29, 1.82) is 0 Å². The molecule has 2 rings (SSSR count). The molecule has 0 aromatic rings. The highest BCUT2D eigenvalue weighted by atomic mass is 32.2. The predicted octanol–water partition coefficient (Wildman–Crippen LogP) is 1.56. The average molecular weight is 405 g/mol. The number of ether oxygens (including phenoxy) is 1. The van der Waals surface area contributed by atoms with Crippen molar-refractivity contribution in [2.24, 2.45) is 0 Å². The van der Waals surface area contributed by atoms with Crippen molar-refractivity contribution in [3.05, 3.63) is 0 Å². The number of hydrogen-bond acceptors (Lipinski definition) is 7. The molecule has 7 nitrogen and oxygen atoms in total. The Morgan fingerprint density at radius 1 is 1.31 bits per heavy atom. The molecule has 0 aromatic carbocycles. The van der Waals surface area contributed by atoms with E-state index in [0.29, 0.717) is 19.4 Å². The largest absolute Gasteiger partial charge is 0.480 e. The van der Waals surface area contributed by atoms with E-state index in [1.165, 1.54) is 4.90 Å². The second kappa shape index (κ2) is 9.32. The van der Waals surface area contributed by atoms with Gasteiger partial charge in [-0.3, -0.25) is 14.9 Å². The summed E-state index contributed by atoms with van der Waals surface area (Å²) in [7, 11) is 0. The topological polar surface area (TPSA) is 95.9 Å². The molecule has 0 saturated carbocycles. The Morgan fingerprint density at radius 2 is 1.96 bits per heavy atom. The van der Waals surface area contributed by atoms with Crippen LogP contribution in [0.15, 0.2) is 0 Å². The number of amides is 1. The molecule has 26 heavy (non-hydrogen) atoms. The molecular weight excluding hydrogens is 376 g/mol. The molecule has 0 radical (unpaired) electrons. The minimum absolute atomic E-state index is 0.206. The van der Waals surface area contributed by atoms with E-state index in [0.717, 1.165) is 17.9 Å². The SMILES string of the molecule is CCC[C@H](N[C@@H](C)C(=O)N1CC2(CC1C(=O)O)SCCS2)C(=O)OCC. The Bertz CT molecular complexity index is 539. The van der Waals surface area contributed by atoms with Gasteiger partial charge < -0.3 is 14.7 Å². The zero-order valence-electron chi connectivity index (χ0n) is 15.5. The summed E-state index contributed by atoms with van der Waals surface area (Å²) in [6.45, 7) is 6.10. The van der Waals surface area contributed by atoms with Gasteiger partial charge in [0.1, 0.15) is 12.1 Å². The summed E-state index contributed by atoms with van der Waals surface area (Å²) in [6, 6.07) is -2.02. The summed E-state index contributed by atoms with van der Waals surface area (Å²) in [6.07, 6.45) is 1.80. The Morgan fingerprint density at radius 3 is 2.50 bits per heavy atom. The second-order valence-electron chi connectivity index (χ2n) is 6.61. The maximum Gasteiger partial charge on any atom is 0.326 e.